The summed E-state index contributed by atoms with van der Waals surface area (Å²) in [7, 11) is -3.95. The molecule has 1 aliphatic rings. The molecule has 2 unspecified atom stereocenters. The number of carboxylic acids is 1. The molecule has 7 heteroatoms. The maximum Gasteiger partial charge on any atom is 0.335 e. The fourth-order valence-electron chi connectivity index (χ4n) is 2.61. The quantitative estimate of drug-likeness (QED) is 0.929. The molecule has 0 radical (unpaired) electrons. The molecule has 2 atom stereocenters. The van der Waals surface area contributed by atoms with E-state index in [0.717, 1.165) is 31.0 Å². The third-order valence-electron chi connectivity index (χ3n) is 4.08. The van der Waals surface area contributed by atoms with Crippen LogP contribution in [0.25, 0.3) is 0 Å². The molecule has 2 rings (SSSR count). The van der Waals surface area contributed by atoms with Crippen molar-refractivity contribution in [2.75, 3.05) is 6.54 Å². The Hall–Kier alpha value is -1.47. The predicted octanol–water partition coefficient (Wildman–Crippen LogP) is 2.33. The van der Waals surface area contributed by atoms with Crippen LogP contribution in [0.5, 0.6) is 0 Å². The Kier molecular flexibility index (Phi) is 4.34. The number of hydrogen-bond acceptors (Lipinski definition) is 3. The maximum atomic E-state index is 14.0. The molecule has 1 heterocycles. The first-order chi connectivity index (χ1) is 9.75. The van der Waals surface area contributed by atoms with Gasteiger partial charge in [0, 0.05) is 12.6 Å². The van der Waals surface area contributed by atoms with Crippen LogP contribution in [-0.4, -0.2) is 36.4 Å². The Balaban J connectivity index is 2.42. The van der Waals surface area contributed by atoms with Crippen molar-refractivity contribution in [3.63, 3.8) is 0 Å². The molecule has 0 aliphatic carbocycles. The summed E-state index contributed by atoms with van der Waals surface area (Å²) < 4.78 is 40.5. The van der Waals surface area contributed by atoms with Crippen molar-refractivity contribution in [1.82, 2.24) is 4.31 Å². The lowest BCUT2D eigenvalue weighted by molar-refractivity contribution is 0.0696. The Morgan fingerprint density at radius 2 is 2.05 bits per heavy atom. The summed E-state index contributed by atoms with van der Waals surface area (Å²) in [6.07, 6.45) is 1.67. The maximum absolute atomic E-state index is 14.0. The molecule has 1 fully saturated rings. The average molecular weight is 315 g/mol. The monoisotopic (exact) mass is 315 g/mol. The number of carbonyl (C=O) groups is 1. The zero-order valence-corrected chi connectivity index (χ0v) is 12.7. The molecule has 1 aromatic carbocycles. The van der Waals surface area contributed by atoms with Crippen LogP contribution in [0.1, 0.15) is 37.0 Å². The number of benzene rings is 1. The van der Waals surface area contributed by atoms with Gasteiger partial charge in [0.2, 0.25) is 10.0 Å². The number of sulfonamides is 1. The van der Waals surface area contributed by atoms with Gasteiger partial charge in [-0.25, -0.2) is 17.6 Å². The molecule has 21 heavy (non-hydrogen) atoms. The molecule has 1 N–H and O–H groups in total. The lowest BCUT2D eigenvalue weighted by atomic mass is 9.94. The molecule has 0 bridgehead atoms. The minimum absolute atomic E-state index is 0.204. The molecule has 1 aromatic rings. The molecule has 5 nitrogen and oxygen atoms in total. The smallest absolute Gasteiger partial charge is 0.335 e. The summed E-state index contributed by atoms with van der Waals surface area (Å²) in [6.45, 7) is 4.13. The Bertz CT molecular complexity index is 659. The van der Waals surface area contributed by atoms with E-state index in [4.69, 9.17) is 5.11 Å². The van der Waals surface area contributed by atoms with Gasteiger partial charge in [-0.05, 0) is 43.9 Å². The fourth-order valence-corrected chi connectivity index (χ4v) is 4.42. The van der Waals surface area contributed by atoms with Crippen LogP contribution in [0, 0.1) is 11.7 Å². The first-order valence-electron chi connectivity index (χ1n) is 6.80. The van der Waals surface area contributed by atoms with Crippen molar-refractivity contribution in [2.45, 2.75) is 37.6 Å². The number of nitrogens with zero attached hydrogens (tertiary/aromatic N) is 1. The van der Waals surface area contributed by atoms with Crippen LogP contribution in [0.4, 0.5) is 4.39 Å². The van der Waals surface area contributed by atoms with Gasteiger partial charge in [0.25, 0.3) is 0 Å². The van der Waals surface area contributed by atoms with Crippen LogP contribution >= 0.6 is 0 Å². The van der Waals surface area contributed by atoms with Crippen LogP contribution < -0.4 is 0 Å². The van der Waals surface area contributed by atoms with E-state index in [0.29, 0.717) is 6.54 Å². The minimum Gasteiger partial charge on any atom is -0.478 e. The number of aromatic carboxylic acids is 1. The van der Waals surface area contributed by atoms with Crippen molar-refractivity contribution in [3.8, 4) is 0 Å². The second-order valence-corrected chi connectivity index (χ2v) is 7.29. The third-order valence-corrected chi connectivity index (χ3v) is 6.10. The van der Waals surface area contributed by atoms with Crippen LogP contribution in [0.2, 0.25) is 0 Å². The number of rotatable bonds is 3. The van der Waals surface area contributed by atoms with Gasteiger partial charge in [-0.1, -0.05) is 6.92 Å². The topological polar surface area (TPSA) is 74.7 Å². The van der Waals surface area contributed by atoms with E-state index in [1.807, 2.05) is 13.8 Å². The summed E-state index contributed by atoms with van der Waals surface area (Å²) in [5.74, 6) is -2.12. The lowest BCUT2D eigenvalue weighted by Crippen LogP contribution is -2.46. The van der Waals surface area contributed by atoms with Gasteiger partial charge < -0.3 is 5.11 Å². The van der Waals surface area contributed by atoms with E-state index in [1.54, 1.807) is 0 Å². The third kappa shape index (κ3) is 2.94. The fraction of sp³-hybridized carbons (Fsp3) is 0.500. The molecular weight excluding hydrogens is 297 g/mol. The molecule has 1 saturated heterocycles. The van der Waals surface area contributed by atoms with Gasteiger partial charge >= 0.3 is 5.97 Å². The normalized spacial score (nSPS) is 24.0. The van der Waals surface area contributed by atoms with E-state index in [9.17, 15) is 17.6 Å². The number of halogens is 1. The highest BCUT2D eigenvalue weighted by molar-refractivity contribution is 7.89. The summed E-state index contributed by atoms with van der Waals surface area (Å²) in [4.78, 5) is 10.3. The summed E-state index contributed by atoms with van der Waals surface area (Å²) in [5, 5.41) is 8.80. The second kappa shape index (κ2) is 5.73. The van der Waals surface area contributed by atoms with Gasteiger partial charge in [0.1, 0.15) is 10.7 Å². The Morgan fingerprint density at radius 3 is 2.62 bits per heavy atom. The van der Waals surface area contributed by atoms with Gasteiger partial charge in [-0.3, -0.25) is 0 Å². The van der Waals surface area contributed by atoms with Crippen LogP contribution in [0.15, 0.2) is 23.1 Å². The Labute approximate surface area is 123 Å². The van der Waals surface area contributed by atoms with Crippen molar-refractivity contribution >= 4 is 16.0 Å². The van der Waals surface area contributed by atoms with E-state index in [1.165, 1.54) is 4.31 Å². The van der Waals surface area contributed by atoms with E-state index >= 15 is 0 Å². The molecular formula is C14H18FNO4S. The minimum atomic E-state index is -3.95. The number of carboxylic acid groups (broad SMARTS) is 1. The molecule has 0 spiro atoms. The van der Waals surface area contributed by atoms with Crippen molar-refractivity contribution in [1.29, 1.82) is 0 Å². The Morgan fingerprint density at radius 1 is 1.38 bits per heavy atom. The molecule has 0 aromatic heterocycles. The highest BCUT2D eigenvalue weighted by Crippen LogP contribution is 2.30. The van der Waals surface area contributed by atoms with Crippen LogP contribution in [-0.2, 0) is 10.0 Å². The summed E-state index contributed by atoms with van der Waals surface area (Å²) >= 11 is 0. The number of piperidine rings is 1. The van der Waals surface area contributed by atoms with Crippen LogP contribution in [0.3, 0.4) is 0 Å². The van der Waals surface area contributed by atoms with Crippen molar-refractivity contribution in [2.24, 2.45) is 5.92 Å². The summed E-state index contributed by atoms with van der Waals surface area (Å²) in [6, 6.07) is 2.67. The largest absolute Gasteiger partial charge is 0.478 e. The summed E-state index contributed by atoms with van der Waals surface area (Å²) in [5.41, 5.74) is -0.272. The van der Waals surface area contributed by atoms with Gasteiger partial charge in [-0.15, -0.1) is 0 Å². The van der Waals surface area contributed by atoms with Gasteiger partial charge in [-0.2, -0.15) is 4.31 Å². The first-order valence-corrected chi connectivity index (χ1v) is 8.24. The zero-order valence-electron chi connectivity index (χ0n) is 11.9. The zero-order chi connectivity index (χ0) is 15.8. The number of hydrogen-bond donors (Lipinski definition) is 1. The van der Waals surface area contributed by atoms with E-state index < -0.39 is 26.7 Å². The van der Waals surface area contributed by atoms with Crippen molar-refractivity contribution < 1.29 is 22.7 Å². The van der Waals surface area contributed by atoms with Gasteiger partial charge in [0.15, 0.2) is 0 Å². The van der Waals surface area contributed by atoms with Crippen molar-refractivity contribution in [3.05, 3.63) is 29.6 Å². The predicted molar refractivity (Wildman–Crippen MR) is 75.1 cm³/mol. The highest BCUT2D eigenvalue weighted by Gasteiger charge is 2.36. The highest BCUT2D eigenvalue weighted by atomic mass is 32.2. The second-order valence-electron chi connectivity index (χ2n) is 5.43. The SMILES string of the molecule is CC1CCCN(S(=O)(=O)c2ccc(C(=O)O)cc2F)C1C. The first kappa shape index (κ1) is 15.9. The lowest BCUT2D eigenvalue weighted by Gasteiger charge is -2.36. The molecule has 0 saturated carbocycles. The molecule has 1 aliphatic heterocycles. The van der Waals surface area contributed by atoms with E-state index in [-0.39, 0.29) is 17.5 Å². The van der Waals surface area contributed by atoms with E-state index in [2.05, 4.69) is 0 Å². The van der Waals surface area contributed by atoms with Gasteiger partial charge in [0.05, 0.1) is 5.56 Å². The molecule has 0 amide bonds. The standard InChI is InChI=1S/C14H18FNO4S/c1-9-4-3-7-16(10(9)2)21(19,20)13-6-5-11(14(17)18)8-12(13)15/h5-6,8-10H,3-4,7H2,1-2H3,(H,17,18). The average Bonchev–Trinajstić information content (AvgIpc) is 2.41. The molecule has 116 valence electrons.